The highest BCUT2D eigenvalue weighted by Gasteiger charge is 2.43. The van der Waals surface area contributed by atoms with E-state index in [9.17, 15) is 19.2 Å². The number of halogens is 2. The number of amides is 4. The topological polar surface area (TPSA) is 213 Å². The average molecular weight is 1010 g/mol. The smallest absolute Gasteiger partial charge is 0.258 e. The molecule has 324 valence electrons. The van der Waals surface area contributed by atoms with Crippen LogP contribution < -0.4 is 28.7 Å². The van der Waals surface area contributed by atoms with Crippen LogP contribution in [0.25, 0.3) is 0 Å². The Morgan fingerprint density at radius 3 is 1.35 bits per heavy atom. The average Bonchev–Trinajstić information content (AvgIpc) is 4.08. The van der Waals surface area contributed by atoms with Gasteiger partial charge in [0, 0.05) is 49.5 Å². The summed E-state index contributed by atoms with van der Waals surface area (Å²) in [4.78, 5) is 84.2. The predicted molar refractivity (Wildman–Crippen MR) is 233 cm³/mol. The fraction of sp³-hybridized carbons (Fsp3) is 0.250. The predicted octanol–water partition coefficient (Wildman–Crippen LogP) is 4.59. The Morgan fingerprint density at radius 2 is 0.984 bits per heavy atom. The maximum Gasteiger partial charge on any atom is 0.258 e. The van der Waals surface area contributed by atoms with Crippen LogP contribution in [0.5, 0.6) is 23.0 Å². The molecule has 0 fully saturated rings. The second-order valence-electron chi connectivity index (χ2n) is 13.4. The lowest BCUT2D eigenvalue weighted by molar-refractivity contribution is -0.138. The minimum atomic E-state index is -0.921. The number of imide groups is 2. The van der Waals surface area contributed by atoms with Gasteiger partial charge >= 0.3 is 0 Å². The molecule has 4 aliphatic heterocycles. The summed E-state index contributed by atoms with van der Waals surface area (Å²) in [5, 5.41) is 8.86. The number of thioether (sulfide) groups is 1. The van der Waals surface area contributed by atoms with Crippen molar-refractivity contribution in [1.29, 1.82) is 0 Å². The lowest BCUT2D eigenvalue weighted by Crippen LogP contribution is -2.41. The van der Waals surface area contributed by atoms with Crippen LogP contribution in [0.15, 0.2) is 105 Å². The highest BCUT2D eigenvalue weighted by molar-refractivity contribution is 9.11. The number of carbonyl (C=O) groups excluding carboxylic acids is 4. The van der Waals surface area contributed by atoms with Crippen molar-refractivity contribution in [2.24, 2.45) is 10.3 Å². The first-order valence-electron chi connectivity index (χ1n) is 19.0. The number of hydrogen-bond donors (Lipinski definition) is 0. The molecule has 2 aromatic heterocycles. The SMILES string of the molecule is COc1cnc(C2=NOC(SC3ON=C(c4ncc(OC)cn4)N3c3ccc(Br)c(OCCCN4C(=O)C=CC4=O)c3)N2c2ccc(Br)c(OCCCN3C(=O)C=CC3=O)c2)nc1. The van der Waals surface area contributed by atoms with Crippen LogP contribution in [0.4, 0.5) is 11.4 Å². The number of methoxy groups -OCH3 is 2. The molecule has 4 aliphatic rings. The number of anilines is 2. The van der Waals surface area contributed by atoms with Crippen molar-refractivity contribution in [2.45, 2.75) is 24.0 Å². The Bertz CT molecular complexity index is 2340. The van der Waals surface area contributed by atoms with E-state index in [1.165, 1.54) is 75.1 Å². The van der Waals surface area contributed by atoms with Crippen molar-refractivity contribution in [1.82, 2.24) is 29.7 Å². The van der Waals surface area contributed by atoms with Gasteiger partial charge in [-0.05, 0) is 80.7 Å². The molecule has 0 saturated heterocycles. The molecule has 2 unspecified atom stereocenters. The van der Waals surface area contributed by atoms with Gasteiger partial charge in [-0.2, -0.15) is 0 Å². The number of nitrogens with zero attached hydrogens (tertiary/aromatic N) is 10. The van der Waals surface area contributed by atoms with E-state index in [2.05, 4.69) is 62.1 Å². The number of carbonyl (C=O) groups is 4. The first-order chi connectivity index (χ1) is 30.6. The minimum Gasteiger partial charge on any atom is -0.494 e. The number of benzene rings is 2. The first-order valence-corrected chi connectivity index (χ1v) is 21.5. The maximum atomic E-state index is 12.0. The largest absolute Gasteiger partial charge is 0.494 e. The molecule has 0 spiro atoms. The zero-order chi connectivity index (χ0) is 44.0. The number of oxime groups is 2. The van der Waals surface area contributed by atoms with Crippen molar-refractivity contribution in [2.75, 3.05) is 50.3 Å². The van der Waals surface area contributed by atoms with E-state index < -0.39 is 11.1 Å². The van der Waals surface area contributed by atoms with Crippen molar-refractivity contribution in [3.05, 3.63) is 106 Å². The summed E-state index contributed by atoms with van der Waals surface area (Å²) in [6.45, 7) is 0.789. The molecule has 4 aromatic rings. The summed E-state index contributed by atoms with van der Waals surface area (Å²) >= 11 is 8.34. The van der Waals surface area contributed by atoms with Crippen molar-refractivity contribution >= 4 is 90.3 Å². The van der Waals surface area contributed by atoms with E-state index in [1.807, 2.05) is 12.1 Å². The molecule has 63 heavy (non-hydrogen) atoms. The number of rotatable bonds is 18. The van der Waals surface area contributed by atoms with Gasteiger partial charge in [-0.1, -0.05) is 10.3 Å². The molecule has 23 heteroatoms. The summed E-state index contributed by atoms with van der Waals surface area (Å²) in [6.07, 6.45) is 11.8. The molecule has 6 heterocycles. The Balaban J connectivity index is 1.06. The van der Waals surface area contributed by atoms with Crippen LogP contribution >= 0.6 is 43.6 Å². The molecule has 2 aromatic carbocycles. The molecule has 2 atom stereocenters. The third kappa shape index (κ3) is 9.44. The highest BCUT2D eigenvalue weighted by Crippen LogP contribution is 2.42. The summed E-state index contributed by atoms with van der Waals surface area (Å²) in [5.41, 5.74) is -0.691. The zero-order valence-electron chi connectivity index (χ0n) is 33.2. The fourth-order valence-electron chi connectivity index (χ4n) is 6.32. The van der Waals surface area contributed by atoms with Gasteiger partial charge in [0.25, 0.3) is 34.7 Å². The van der Waals surface area contributed by atoms with Crippen LogP contribution in [-0.2, 0) is 28.9 Å². The molecule has 4 amide bonds. The van der Waals surface area contributed by atoms with Crippen LogP contribution in [0.3, 0.4) is 0 Å². The van der Waals surface area contributed by atoms with Gasteiger partial charge in [-0.3, -0.25) is 38.8 Å². The monoisotopic (exact) mass is 1000 g/mol. The molecule has 0 saturated carbocycles. The molecule has 0 N–H and O–H groups in total. The van der Waals surface area contributed by atoms with E-state index in [4.69, 9.17) is 28.6 Å². The Hall–Kier alpha value is -6.59. The Labute approximate surface area is 379 Å². The van der Waals surface area contributed by atoms with Crippen molar-refractivity contribution < 1.29 is 47.8 Å². The van der Waals surface area contributed by atoms with Gasteiger partial charge in [0.1, 0.15) is 11.5 Å². The zero-order valence-corrected chi connectivity index (χ0v) is 37.2. The number of ether oxygens (including phenoxy) is 4. The van der Waals surface area contributed by atoms with Gasteiger partial charge in [-0.25, -0.2) is 19.9 Å². The Kier molecular flexibility index (Phi) is 13.1. The van der Waals surface area contributed by atoms with Crippen molar-refractivity contribution in [3.63, 3.8) is 0 Å². The lowest BCUT2D eigenvalue weighted by Gasteiger charge is -2.30. The molecular weight excluding hydrogens is 972 g/mol. The van der Waals surface area contributed by atoms with Crippen LogP contribution in [-0.4, -0.2) is 117 Å². The summed E-state index contributed by atoms with van der Waals surface area (Å²) < 4.78 is 24.2. The van der Waals surface area contributed by atoms with E-state index in [0.29, 0.717) is 56.2 Å². The van der Waals surface area contributed by atoms with Crippen LogP contribution in [0.2, 0.25) is 0 Å². The van der Waals surface area contributed by atoms with Gasteiger partial charge < -0.3 is 28.6 Å². The van der Waals surface area contributed by atoms with Gasteiger partial charge in [0.15, 0.2) is 23.1 Å². The van der Waals surface area contributed by atoms with Crippen LogP contribution in [0.1, 0.15) is 24.5 Å². The second-order valence-corrected chi connectivity index (χ2v) is 16.2. The van der Waals surface area contributed by atoms with Gasteiger partial charge in [0.05, 0.1) is 72.5 Å². The maximum absolute atomic E-state index is 12.0. The molecule has 0 aliphatic carbocycles. The summed E-state index contributed by atoms with van der Waals surface area (Å²) in [5.74, 6) is 1.36. The third-order valence-electron chi connectivity index (χ3n) is 9.45. The summed E-state index contributed by atoms with van der Waals surface area (Å²) in [7, 11) is 3.02. The third-order valence-corrected chi connectivity index (χ3v) is 11.8. The number of aromatic nitrogens is 4. The van der Waals surface area contributed by atoms with E-state index in [-0.39, 0.29) is 73.3 Å². The number of hydrogen-bond acceptors (Lipinski definition) is 19. The van der Waals surface area contributed by atoms with Gasteiger partial charge in [0.2, 0.25) is 11.7 Å². The van der Waals surface area contributed by atoms with E-state index in [0.717, 1.165) is 9.80 Å². The first kappa shape index (κ1) is 43.1. The van der Waals surface area contributed by atoms with Gasteiger partial charge in [-0.15, -0.1) is 0 Å². The molecule has 0 radical (unpaired) electrons. The number of amidine groups is 2. The Morgan fingerprint density at radius 1 is 0.603 bits per heavy atom. The highest BCUT2D eigenvalue weighted by atomic mass is 79.9. The molecule has 0 bridgehead atoms. The van der Waals surface area contributed by atoms with E-state index >= 15 is 0 Å². The normalized spacial score (nSPS) is 18.0. The standard InChI is InChI=1S/C40H34Br2N10O10S/c1-57-25-19-43-35(44-20-25)37-47-61-39(51(37)23-5-7-27(41)29(17-23)59-15-3-13-49-31(53)9-10-32(49)54)63-40-52(38(48-62-40)36-45-21-26(58-2)22-46-36)24-6-8-28(42)30(18-24)60-16-4-14-50-33(55)11-12-34(50)56/h5-12,17-22,39-40H,3-4,13-16H2,1-2H3. The molecular formula is C40H34Br2N10O10S. The van der Waals surface area contributed by atoms with Crippen molar-refractivity contribution in [3.8, 4) is 23.0 Å². The fourth-order valence-corrected chi connectivity index (χ4v) is 8.11. The lowest BCUT2D eigenvalue weighted by atomic mass is 10.2. The summed E-state index contributed by atoms with van der Waals surface area (Å²) in [6, 6.07) is 10.8. The van der Waals surface area contributed by atoms with Crippen LogP contribution in [0, 0.1) is 0 Å². The second kappa shape index (κ2) is 19.2. The van der Waals surface area contributed by atoms with E-state index in [1.54, 1.807) is 34.1 Å². The molecule has 8 rings (SSSR count). The minimum absolute atomic E-state index is 0.197. The quantitative estimate of drug-likeness (QED) is 0.0985. The molecule has 20 nitrogen and oxygen atoms in total.